The van der Waals surface area contributed by atoms with Gasteiger partial charge in [0.25, 0.3) is 10.0 Å². The molecule has 4 aromatic rings. The van der Waals surface area contributed by atoms with Crippen LogP contribution in [0.25, 0.3) is 16.9 Å². The molecule has 9 nitrogen and oxygen atoms in total. The molecule has 1 aliphatic heterocycles. The van der Waals surface area contributed by atoms with Gasteiger partial charge in [-0.3, -0.25) is 9.52 Å². The quantitative estimate of drug-likeness (QED) is 0.514. The molecule has 0 spiro atoms. The molecular formula is C22H20N6O3S. The van der Waals surface area contributed by atoms with E-state index in [1.165, 1.54) is 19.3 Å². The normalized spacial score (nSPS) is 15.7. The Morgan fingerprint density at radius 2 is 1.97 bits per heavy atom. The van der Waals surface area contributed by atoms with Crippen molar-refractivity contribution in [2.24, 2.45) is 0 Å². The number of carbonyl (C=O) groups is 1. The molecule has 1 atom stereocenters. The molecule has 0 aliphatic carbocycles. The van der Waals surface area contributed by atoms with Crippen molar-refractivity contribution in [3.63, 3.8) is 0 Å². The molecule has 10 heteroatoms. The fourth-order valence-electron chi connectivity index (χ4n) is 4.09. The molecular weight excluding hydrogens is 428 g/mol. The van der Waals surface area contributed by atoms with Crippen LogP contribution in [-0.4, -0.2) is 40.2 Å². The Morgan fingerprint density at radius 3 is 2.78 bits per heavy atom. The number of rotatable bonds is 4. The second-order valence-corrected chi connectivity index (χ2v) is 9.45. The monoisotopic (exact) mass is 448 g/mol. The van der Waals surface area contributed by atoms with E-state index in [0.717, 1.165) is 16.8 Å². The van der Waals surface area contributed by atoms with Crippen LogP contribution in [0.2, 0.25) is 0 Å². The molecule has 1 N–H and O–H groups in total. The van der Waals surface area contributed by atoms with Gasteiger partial charge in [0.1, 0.15) is 6.33 Å². The number of carbonyl (C=O) groups excluding carboxylic acids is 1. The summed E-state index contributed by atoms with van der Waals surface area (Å²) in [5.41, 5.74) is 4.07. The molecule has 0 fully saturated rings. The van der Waals surface area contributed by atoms with Crippen LogP contribution in [0, 0.1) is 0 Å². The largest absolute Gasteiger partial charge is 0.309 e. The number of nitrogens with one attached hydrogen (secondary N) is 1. The zero-order valence-corrected chi connectivity index (χ0v) is 18.2. The Kier molecular flexibility index (Phi) is 4.66. The maximum Gasteiger partial charge on any atom is 0.261 e. The second-order valence-electron chi connectivity index (χ2n) is 7.77. The molecule has 2 aromatic carbocycles. The van der Waals surface area contributed by atoms with E-state index < -0.39 is 10.0 Å². The van der Waals surface area contributed by atoms with Gasteiger partial charge >= 0.3 is 0 Å². The van der Waals surface area contributed by atoms with Gasteiger partial charge in [-0.1, -0.05) is 12.1 Å². The fourth-order valence-corrected chi connectivity index (χ4v) is 5.19. The van der Waals surface area contributed by atoms with Crippen molar-refractivity contribution in [1.82, 2.24) is 19.8 Å². The third kappa shape index (κ3) is 3.48. The molecule has 1 amide bonds. The summed E-state index contributed by atoms with van der Waals surface area (Å²) in [5, 5.41) is 12.2. The molecule has 32 heavy (non-hydrogen) atoms. The molecule has 0 saturated heterocycles. The molecule has 2 aromatic heterocycles. The number of sulfonamides is 1. The van der Waals surface area contributed by atoms with Gasteiger partial charge in [0.2, 0.25) is 5.91 Å². The average Bonchev–Trinajstić information content (AvgIpc) is 3.35. The Morgan fingerprint density at radius 1 is 1.12 bits per heavy atom. The number of amides is 1. The first kappa shape index (κ1) is 20.1. The lowest BCUT2D eigenvalue weighted by Crippen LogP contribution is -2.33. The van der Waals surface area contributed by atoms with Crippen LogP contribution in [0.15, 0.2) is 65.8 Å². The number of anilines is 2. The highest BCUT2D eigenvalue weighted by atomic mass is 32.2. The van der Waals surface area contributed by atoms with Gasteiger partial charge in [-0.2, -0.15) is 9.61 Å². The van der Waals surface area contributed by atoms with Crippen LogP contribution >= 0.6 is 0 Å². The van der Waals surface area contributed by atoms with E-state index in [0.29, 0.717) is 23.4 Å². The molecule has 162 valence electrons. The first-order valence-corrected chi connectivity index (χ1v) is 11.5. The predicted octanol–water partition coefficient (Wildman–Crippen LogP) is 2.89. The topological polar surface area (TPSA) is 110 Å². The minimum atomic E-state index is -3.81. The van der Waals surface area contributed by atoms with Gasteiger partial charge in [0.15, 0.2) is 5.65 Å². The van der Waals surface area contributed by atoms with Crippen molar-refractivity contribution in [3.05, 3.63) is 66.5 Å². The first-order chi connectivity index (χ1) is 15.3. The maximum absolute atomic E-state index is 13.1. The average molecular weight is 449 g/mol. The third-order valence-corrected chi connectivity index (χ3v) is 6.87. The summed E-state index contributed by atoms with van der Waals surface area (Å²) >= 11 is 0. The minimum Gasteiger partial charge on any atom is -0.309 e. The van der Waals surface area contributed by atoms with Gasteiger partial charge in [0.05, 0.1) is 10.6 Å². The van der Waals surface area contributed by atoms with Gasteiger partial charge in [-0.05, 0) is 61.4 Å². The van der Waals surface area contributed by atoms with Crippen molar-refractivity contribution in [3.8, 4) is 11.3 Å². The summed E-state index contributed by atoms with van der Waals surface area (Å²) in [7, 11) is -3.81. The summed E-state index contributed by atoms with van der Waals surface area (Å²) in [5.74, 6) is -0.0555. The summed E-state index contributed by atoms with van der Waals surface area (Å²) < 4.78 is 30.3. The number of aromatic nitrogens is 4. The van der Waals surface area contributed by atoms with Crippen LogP contribution in [0.5, 0.6) is 0 Å². The summed E-state index contributed by atoms with van der Waals surface area (Å²) in [6, 6.07) is 15.5. The Hall–Kier alpha value is -3.79. The zero-order chi connectivity index (χ0) is 22.5. The SMILES string of the molecule is CC(=O)N1c2ccc(S(=O)(=O)Nc3cccc(-c4ccc5nncn5n4)c3)cc2CC1C. The van der Waals surface area contributed by atoms with Crippen molar-refractivity contribution in [1.29, 1.82) is 0 Å². The number of fused-ring (bicyclic) bond motifs is 2. The van der Waals surface area contributed by atoms with Gasteiger partial charge in [-0.25, -0.2) is 8.42 Å². The van der Waals surface area contributed by atoms with Crippen LogP contribution in [0.3, 0.4) is 0 Å². The van der Waals surface area contributed by atoms with E-state index in [-0.39, 0.29) is 16.8 Å². The lowest BCUT2D eigenvalue weighted by molar-refractivity contribution is -0.116. The van der Waals surface area contributed by atoms with Crippen molar-refractivity contribution >= 4 is 33.0 Å². The Bertz CT molecular complexity index is 1460. The predicted molar refractivity (Wildman–Crippen MR) is 120 cm³/mol. The van der Waals surface area contributed by atoms with E-state index in [1.807, 2.05) is 13.0 Å². The molecule has 5 rings (SSSR count). The number of nitrogens with zero attached hydrogens (tertiary/aromatic N) is 5. The van der Waals surface area contributed by atoms with Gasteiger partial charge in [0, 0.05) is 29.9 Å². The summed E-state index contributed by atoms with van der Waals surface area (Å²) in [6.07, 6.45) is 2.12. The van der Waals surface area contributed by atoms with Crippen LogP contribution in [0.1, 0.15) is 19.4 Å². The number of benzene rings is 2. The highest BCUT2D eigenvalue weighted by Crippen LogP contribution is 2.34. The second kappa shape index (κ2) is 7.41. The van der Waals surface area contributed by atoms with Crippen LogP contribution in [0.4, 0.5) is 11.4 Å². The van der Waals surface area contributed by atoms with Crippen molar-refractivity contribution in [2.75, 3.05) is 9.62 Å². The van der Waals surface area contributed by atoms with Crippen molar-refractivity contribution < 1.29 is 13.2 Å². The lowest BCUT2D eigenvalue weighted by atomic mass is 10.1. The lowest BCUT2D eigenvalue weighted by Gasteiger charge is -2.20. The van der Waals surface area contributed by atoms with Gasteiger partial charge < -0.3 is 4.90 Å². The molecule has 1 unspecified atom stereocenters. The van der Waals surface area contributed by atoms with Crippen molar-refractivity contribution in [2.45, 2.75) is 31.2 Å². The van der Waals surface area contributed by atoms with E-state index in [4.69, 9.17) is 0 Å². The highest BCUT2D eigenvalue weighted by molar-refractivity contribution is 7.92. The first-order valence-electron chi connectivity index (χ1n) is 10.0. The smallest absolute Gasteiger partial charge is 0.261 e. The number of hydrogen-bond acceptors (Lipinski definition) is 6. The van der Waals surface area contributed by atoms with Crippen LogP contribution < -0.4 is 9.62 Å². The zero-order valence-electron chi connectivity index (χ0n) is 17.4. The number of hydrogen-bond donors (Lipinski definition) is 1. The summed E-state index contributed by atoms with van der Waals surface area (Å²) in [4.78, 5) is 13.8. The fraction of sp³-hybridized carbons (Fsp3) is 0.182. The van der Waals surface area contributed by atoms with Gasteiger partial charge in [-0.15, -0.1) is 10.2 Å². The highest BCUT2D eigenvalue weighted by Gasteiger charge is 2.30. The maximum atomic E-state index is 13.1. The Balaban J connectivity index is 1.43. The standard InChI is InChI=1S/C22H20N6O3S/c1-14-10-17-12-19(6-8-21(17)28(14)15(2)29)32(30,31)26-18-5-3-4-16(11-18)20-7-9-22-24-23-13-27(22)25-20/h3-9,11-14,26H,10H2,1-2H3. The van der Waals surface area contributed by atoms with E-state index in [9.17, 15) is 13.2 Å². The van der Waals surface area contributed by atoms with E-state index >= 15 is 0 Å². The molecule has 1 aliphatic rings. The molecule has 0 radical (unpaired) electrons. The Labute approximate surface area is 184 Å². The van der Waals surface area contributed by atoms with E-state index in [2.05, 4.69) is 20.0 Å². The third-order valence-electron chi connectivity index (χ3n) is 5.49. The molecule has 0 bridgehead atoms. The molecule has 3 heterocycles. The summed E-state index contributed by atoms with van der Waals surface area (Å²) in [6.45, 7) is 3.46. The molecule has 0 saturated carbocycles. The minimum absolute atomic E-state index is 0.000584. The van der Waals surface area contributed by atoms with Crippen LogP contribution in [-0.2, 0) is 21.2 Å². The van der Waals surface area contributed by atoms with E-state index in [1.54, 1.807) is 51.9 Å².